The Morgan fingerprint density at radius 1 is 1.37 bits per heavy atom. The van der Waals surface area contributed by atoms with Crippen molar-refractivity contribution in [2.24, 2.45) is 7.05 Å². The second-order valence-corrected chi connectivity index (χ2v) is 4.64. The average molecular weight is 293 g/mol. The van der Waals surface area contributed by atoms with Gasteiger partial charge in [0.25, 0.3) is 5.56 Å². The van der Waals surface area contributed by atoms with Gasteiger partial charge in [0.05, 0.1) is 12.2 Å². The number of hydrogen-bond acceptors (Lipinski definition) is 6. The molecule has 1 aromatic heterocycles. The van der Waals surface area contributed by atoms with Crippen LogP contribution in [-0.2, 0) is 11.8 Å². The molecule has 9 heteroatoms. The van der Waals surface area contributed by atoms with Crippen molar-refractivity contribution in [1.82, 2.24) is 9.55 Å². The number of halogens is 1. The molecule has 19 heavy (non-hydrogen) atoms. The van der Waals surface area contributed by atoms with Gasteiger partial charge in [-0.05, 0) is 0 Å². The molecule has 4 unspecified atom stereocenters. The fourth-order valence-electron chi connectivity index (χ4n) is 2.00. The lowest BCUT2D eigenvalue weighted by atomic mass is 10.0. The van der Waals surface area contributed by atoms with Crippen LogP contribution in [0.15, 0.2) is 9.59 Å². The molecule has 8 nitrogen and oxygen atoms in total. The van der Waals surface area contributed by atoms with Crippen LogP contribution in [0.25, 0.3) is 0 Å². The summed E-state index contributed by atoms with van der Waals surface area (Å²) in [5, 5.41) is 28.3. The number of hydrogen-bond donors (Lipinski definition) is 4. The first kappa shape index (κ1) is 14.2. The van der Waals surface area contributed by atoms with Gasteiger partial charge in [0.1, 0.15) is 29.6 Å². The maximum Gasteiger partial charge on any atom is 0.329 e. The Hall–Kier alpha value is -1.19. The van der Waals surface area contributed by atoms with Crippen LogP contribution in [0.2, 0.25) is 5.15 Å². The largest absolute Gasteiger partial charge is 0.394 e. The number of aliphatic hydroxyl groups is 3. The molecule has 0 bridgehead atoms. The molecule has 1 aromatic rings. The first-order valence-electron chi connectivity index (χ1n) is 5.49. The van der Waals surface area contributed by atoms with Crippen molar-refractivity contribution >= 4 is 11.6 Å². The minimum Gasteiger partial charge on any atom is -0.394 e. The van der Waals surface area contributed by atoms with Crippen LogP contribution in [0.5, 0.6) is 0 Å². The molecule has 0 amide bonds. The summed E-state index contributed by atoms with van der Waals surface area (Å²) < 4.78 is 6.19. The van der Waals surface area contributed by atoms with Crippen LogP contribution in [0.1, 0.15) is 11.7 Å². The van der Waals surface area contributed by atoms with Crippen LogP contribution in [0.3, 0.4) is 0 Å². The molecule has 0 aromatic carbocycles. The Morgan fingerprint density at radius 2 is 2.00 bits per heavy atom. The number of aromatic nitrogens is 2. The number of aromatic amines is 1. The molecule has 2 rings (SSSR count). The molecule has 0 aliphatic carbocycles. The summed E-state index contributed by atoms with van der Waals surface area (Å²) in [6, 6.07) is 0. The number of ether oxygens (including phenoxy) is 1. The Kier molecular flexibility index (Phi) is 3.79. The summed E-state index contributed by atoms with van der Waals surface area (Å²) in [6.45, 7) is -0.518. The highest BCUT2D eigenvalue weighted by Gasteiger charge is 2.45. The van der Waals surface area contributed by atoms with Crippen molar-refractivity contribution in [2.75, 3.05) is 6.61 Å². The first-order valence-corrected chi connectivity index (χ1v) is 5.87. The highest BCUT2D eigenvalue weighted by Crippen LogP contribution is 2.34. The molecule has 4 N–H and O–H groups in total. The van der Waals surface area contributed by atoms with Crippen LogP contribution in [0, 0.1) is 0 Å². The summed E-state index contributed by atoms with van der Waals surface area (Å²) in [7, 11) is 1.34. The van der Waals surface area contributed by atoms with E-state index in [1.165, 1.54) is 7.05 Å². The van der Waals surface area contributed by atoms with E-state index >= 15 is 0 Å². The Labute approximate surface area is 111 Å². The van der Waals surface area contributed by atoms with Gasteiger partial charge in [0.2, 0.25) is 0 Å². The van der Waals surface area contributed by atoms with Gasteiger partial charge in [0, 0.05) is 7.05 Å². The van der Waals surface area contributed by atoms with Crippen molar-refractivity contribution in [2.45, 2.75) is 24.4 Å². The Morgan fingerprint density at radius 3 is 2.53 bits per heavy atom. The molecule has 0 saturated carbocycles. The van der Waals surface area contributed by atoms with Crippen LogP contribution >= 0.6 is 11.6 Å². The molecule has 2 heterocycles. The van der Waals surface area contributed by atoms with Gasteiger partial charge in [-0.3, -0.25) is 14.3 Å². The minimum absolute atomic E-state index is 0.161. The molecule has 1 aliphatic rings. The van der Waals surface area contributed by atoms with Gasteiger partial charge < -0.3 is 20.1 Å². The van der Waals surface area contributed by atoms with Gasteiger partial charge in [-0.25, -0.2) is 4.79 Å². The van der Waals surface area contributed by atoms with Crippen molar-refractivity contribution in [1.29, 1.82) is 0 Å². The second-order valence-electron chi connectivity index (χ2n) is 4.28. The normalized spacial score (nSPS) is 30.8. The van der Waals surface area contributed by atoms with E-state index in [1.54, 1.807) is 0 Å². The highest BCUT2D eigenvalue weighted by atomic mass is 35.5. The quantitative estimate of drug-likeness (QED) is 0.462. The predicted molar refractivity (Wildman–Crippen MR) is 64.0 cm³/mol. The molecule has 106 valence electrons. The smallest absolute Gasteiger partial charge is 0.329 e. The van der Waals surface area contributed by atoms with E-state index in [4.69, 9.17) is 21.4 Å². The minimum atomic E-state index is -1.42. The topological polar surface area (TPSA) is 125 Å². The van der Waals surface area contributed by atoms with Crippen LogP contribution in [0.4, 0.5) is 0 Å². The van der Waals surface area contributed by atoms with Gasteiger partial charge in [0.15, 0.2) is 0 Å². The summed E-state index contributed by atoms with van der Waals surface area (Å²) >= 11 is 5.90. The average Bonchev–Trinajstić information content (AvgIpc) is 2.64. The molecule has 1 fully saturated rings. The fourth-order valence-corrected chi connectivity index (χ4v) is 2.27. The number of nitrogens with zero attached hydrogens (tertiary/aromatic N) is 1. The number of rotatable bonds is 2. The Bertz CT molecular complexity index is 597. The third-order valence-corrected chi connectivity index (χ3v) is 3.57. The molecule has 0 radical (unpaired) electrons. The maximum atomic E-state index is 11.8. The van der Waals surface area contributed by atoms with Crippen molar-refractivity contribution in [3.63, 3.8) is 0 Å². The van der Waals surface area contributed by atoms with Crippen molar-refractivity contribution in [3.8, 4) is 0 Å². The zero-order valence-corrected chi connectivity index (χ0v) is 10.7. The number of aliphatic hydroxyl groups excluding tert-OH is 3. The van der Waals surface area contributed by atoms with Gasteiger partial charge >= 0.3 is 5.69 Å². The fraction of sp³-hybridized carbons (Fsp3) is 0.600. The number of nitrogens with one attached hydrogen (secondary N) is 1. The SMILES string of the molecule is Cn1c(Cl)c(C2OC(CO)C(O)C2O)c(=O)[nH]c1=O. The van der Waals surface area contributed by atoms with Gasteiger partial charge in [-0.1, -0.05) is 11.6 Å². The molecule has 0 spiro atoms. The zero-order valence-electron chi connectivity index (χ0n) is 9.91. The van der Waals surface area contributed by atoms with Crippen LogP contribution in [-0.4, -0.2) is 49.8 Å². The van der Waals surface area contributed by atoms with E-state index in [9.17, 15) is 19.8 Å². The zero-order chi connectivity index (χ0) is 14.3. The molecular weight excluding hydrogens is 280 g/mol. The lowest BCUT2D eigenvalue weighted by Crippen LogP contribution is -2.36. The predicted octanol–water partition coefficient (Wildman–Crippen LogP) is -2.12. The highest BCUT2D eigenvalue weighted by molar-refractivity contribution is 6.30. The lowest BCUT2D eigenvalue weighted by molar-refractivity contribution is -0.0233. The molecule has 1 saturated heterocycles. The summed E-state index contributed by atoms with van der Waals surface area (Å²) in [5.41, 5.74) is -1.67. The molecular formula is C10H13ClN2O6. The Balaban J connectivity index is 2.52. The monoisotopic (exact) mass is 292 g/mol. The lowest BCUT2D eigenvalue weighted by Gasteiger charge is -2.16. The van der Waals surface area contributed by atoms with Crippen molar-refractivity contribution < 1.29 is 20.1 Å². The van der Waals surface area contributed by atoms with Gasteiger partial charge in [-0.15, -0.1) is 0 Å². The molecule has 4 atom stereocenters. The third kappa shape index (κ3) is 2.21. The summed E-state index contributed by atoms with van der Waals surface area (Å²) in [5.74, 6) is 0. The summed E-state index contributed by atoms with van der Waals surface area (Å²) in [6.07, 6.45) is -5.00. The van der Waals surface area contributed by atoms with E-state index in [2.05, 4.69) is 0 Å². The van der Waals surface area contributed by atoms with E-state index < -0.39 is 42.3 Å². The van der Waals surface area contributed by atoms with E-state index in [1.807, 2.05) is 4.98 Å². The summed E-state index contributed by atoms with van der Waals surface area (Å²) in [4.78, 5) is 25.1. The molecule has 1 aliphatic heterocycles. The van der Waals surface area contributed by atoms with Crippen LogP contribution < -0.4 is 11.2 Å². The van der Waals surface area contributed by atoms with E-state index in [0.29, 0.717) is 0 Å². The third-order valence-electron chi connectivity index (χ3n) is 3.11. The standard InChI is InChI=1S/C10H13ClN2O6/c1-13-8(11)4(9(17)12-10(13)18)7-6(16)5(15)3(2-14)19-7/h3,5-7,14-16H,2H2,1H3,(H,12,17,18). The van der Waals surface area contributed by atoms with Crippen molar-refractivity contribution in [3.05, 3.63) is 31.6 Å². The first-order chi connectivity index (χ1) is 8.88. The second kappa shape index (κ2) is 5.06. The number of H-pyrrole nitrogens is 1. The maximum absolute atomic E-state index is 11.8. The van der Waals surface area contributed by atoms with E-state index in [-0.39, 0.29) is 10.7 Å². The van der Waals surface area contributed by atoms with Gasteiger partial charge in [-0.2, -0.15) is 0 Å². The van der Waals surface area contributed by atoms with E-state index in [0.717, 1.165) is 4.57 Å².